The van der Waals surface area contributed by atoms with E-state index >= 15 is 0 Å². The number of phenols is 1. The molecule has 2 N–H and O–H groups in total. The third kappa shape index (κ3) is 2.91. The van der Waals surface area contributed by atoms with Crippen molar-refractivity contribution in [2.45, 2.75) is 6.54 Å². The van der Waals surface area contributed by atoms with Crippen LogP contribution in [0.5, 0.6) is 5.75 Å². The van der Waals surface area contributed by atoms with Gasteiger partial charge in [-0.1, -0.05) is 18.2 Å². The van der Waals surface area contributed by atoms with Gasteiger partial charge in [0.2, 0.25) is 0 Å². The lowest BCUT2D eigenvalue weighted by Crippen LogP contribution is -2.30. The minimum Gasteiger partial charge on any atom is -0.508 e. The second-order valence-corrected chi connectivity index (χ2v) is 6.10. The fourth-order valence-electron chi connectivity index (χ4n) is 2.94. The number of nitrogens with zero attached hydrogens (tertiary/aromatic N) is 1. The van der Waals surface area contributed by atoms with Gasteiger partial charge >= 0.3 is 0 Å². The molecule has 5 nitrogen and oxygen atoms in total. The lowest BCUT2D eigenvalue weighted by molar-refractivity contribution is 0.0981. The summed E-state index contributed by atoms with van der Waals surface area (Å²) in [4.78, 5) is 26.9. The number of aromatic hydroxyl groups is 1. The van der Waals surface area contributed by atoms with E-state index in [1.807, 2.05) is 6.07 Å². The predicted molar refractivity (Wildman–Crippen MR) is 99.5 cm³/mol. The number of anilines is 2. The van der Waals surface area contributed by atoms with E-state index in [1.165, 1.54) is 0 Å². The first-order valence-corrected chi connectivity index (χ1v) is 8.22. The molecule has 4 bridgehead atoms. The SMILES string of the molecule is O=C1Nc2ccc(cc2)N(Cc2ccccc2O)C(=O)c2ccc1cc2. The molecule has 0 fully saturated rings. The number of amides is 2. The topological polar surface area (TPSA) is 69.6 Å². The summed E-state index contributed by atoms with van der Waals surface area (Å²) in [7, 11) is 0. The van der Waals surface area contributed by atoms with Crippen LogP contribution in [0.2, 0.25) is 0 Å². The van der Waals surface area contributed by atoms with Crippen molar-refractivity contribution in [3.8, 4) is 5.75 Å². The molecule has 128 valence electrons. The van der Waals surface area contributed by atoms with Crippen LogP contribution >= 0.6 is 0 Å². The van der Waals surface area contributed by atoms with Crippen LogP contribution in [0.25, 0.3) is 0 Å². The predicted octanol–water partition coefficient (Wildman–Crippen LogP) is 3.80. The van der Waals surface area contributed by atoms with Crippen molar-refractivity contribution in [2.24, 2.45) is 0 Å². The molecule has 4 aliphatic rings. The lowest BCUT2D eigenvalue weighted by atomic mass is 10.1. The largest absolute Gasteiger partial charge is 0.508 e. The second kappa shape index (κ2) is 6.37. The first kappa shape index (κ1) is 15.9. The monoisotopic (exact) mass is 344 g/mol. The summed E-state index contributed by atoms with van der Waals surface area (Å²) in [5.41, 5.74) is 2.95. The Balaban J connectivity index is 1.81. The number of nitrogens with one attached hydrogen (secondary N) is 1. The average Bonchev–Trinajstić information content (AvgIpc) is 2.67. The van der Waals surface area contributed by atoms with Crippen LogP contribution in [0.4, 0.5) is 11.4 Å². The standard InChI is InChI=1S/C21H16N2O3/c24-19-4-2-1-3-16(19)13-23-18-11-9-17(10-12-18)22-20(25)14-5-7-15(8-6-14)21(23)26/h1-12,24H,13H2,(H,22,25). The highest BCUT2D eigenvalue weighted by molar-refractivity contribution is 6.09. The zero-order valence-corrected chi connectivity index (χ0v) is 13.8. The quantitative estimate of drug-likeness (QED) is 0.743. The van der Waals surface area contributed by atoms with Crippen LogP contribution in [0.15, 0.2) is 72.8 Å². The Labute approximate surface area is 150 Å². The first-order valence-electron chi connectivity index (χ1n) is 8.22. The molecule has 5 heteroatoms. The van der Waals surface area contributed by atoms with Gasteiger partial charge in [0.05, 0.1) is 6.54 Å². The number of carbonyl (C=O) groups excluding carboxylic acids is 2. The van der Waals surface area contributed by atoms with E-state index in [0.717, 1.165) is 0 Å². The minimum absolute atomic E-state index is 0.144. The normalized spacial score (nSPS) is 13.3. The van der Waals surface area contributed by atoms with Crippen LogP contribution in [0.1, 0.15) is 26.3 Å². The molecular formula is C21H16N2O3. The van der Waals surface area contributed by atoms with Gasteiger partial charge in [-0.3, -0.25) is 9.59 Å². The zero-order valence-electron chi connectivity index (χ0n) is 13.8. The summed E-state index contributed by atoms with van der Waals surface area (Å²) in [6.45, 7) is 0.235. The Kier molecular flexibility index (Phi) is 3.89. The fraction of sp³-hybridized carbons (Fsp3) is 0.0476. The van der Waals surface area contributed by atoms with Crippen LogP contribution in [0, 0.1) is 0 Å². The minimum atomic E-state index is -0.219. The highest BCUT2D eigenvalue weighted by Crippen LogP contribution is 2.26. The van der Waals surface area contributed by atoms with Crippen molar-refractivity contribution in [1.29, 1.82) is 0 Å². The molecule has 0 aromatic heterocycles. The molecule has 2 amide bonds. The summed E-state index contributed by atoms with van der Waals surface area (Å²) in [5, 5.41) is 12.9. The van der Waals surface area contributed by atoms with Crippen molar-refractivity contribution in [3.63, 3.8) is 0 Å². The van der Waals surface area contributed by atoms with Gasteiger partial charge in [0.25, 0.3) is 11.8 Å². The van der Waals surface area contributed by atoms with Crippen LogP contribution < -0.4 is 10.2 Å². The molecule has 0 aliphatic carbocycles. The highest BCUT2D eigenvalue weighted by Gasteiger charge is 2.21. The summed E-state index contributed by atoms with van der Waals surface area (Å²) in [6.07, 6.45) is 0. The zero-order chi connectivity index (χ0) is 18.1. The molecule has 0 saturated heterocycles. The van der Waals surface area contributed by atoms with Crippen molar-refractivity contribution in [3.05, 3.63) is 89.5 Å². The molecule has 7 rings (SSSR count). The molecule has 0 unspecified atom stereocenters. The Bertz CT molecular complexity index is 979. The molecule has 0 atom stereocenters. The summed E-state index contributed by atoms with van der Waals surface area (Å²) in [5.74, 6) is -0.275. The summed E-state index contributed by atoms with van der Waals surface area (Å²) < 4.78 is 0. The highest BCUT2D eigenvalue weighted by atomic mass is 16.3. The maximum Gasteiger partial charge on any atom is 0.258 e. The van der Waals surface area contributed by atoms with Crippen molar-refractivity contribution in [2.75, 3.05) is 10.2 Å². The number of carbonyl (C=O) groups is 2. The number of hydrogen-bond acceptors (Lipinski definition) is 3. The van der Waals surface area contributed by atoms with Crippen LogP contribution in [-0.4, -0.2) is 16.9 Å². The van der Waals surface area contributed by atoms with E-state index in [-0.39, 0.29) is 24.1 Å². The summed E-state index contributed by atoms with van der Waals surface area (Å²) in [6, 6.07) is 20.6. The molecular weight excluding hydrogens is 328 g/mol. The van der Waals surface area contributed by atoms with E-state index in [9.17, 15) is 14.7 Å². The van der Waals surface area contributed by atoms with Gasteiger partial charge in [-0.2, -0.15) is 0 Å². The smallest absolute Gasteiger partial charge is 0.258 e. The van der Waals surface area contributed by atoms with Crippen LogP contribution in [0.3, 0.4) is 0 Å². The maximum atomic E-state index is 13.1. The van der Waals surface area contributed by atoms with E-state index in [0.29, 0.717) is 28.1 Å². The Hall–Kier alpha value is -3.60. The number of phenolic OH excluding ortho intramolecular Hbond substituents is 1. The number of para-hydroxylation sites is 1. The summed E-state index contributed by atoms with van der Waals surface area (Å²) >= 11 is 0. The third-order valence-electron chi connectivity index (χ3n) is 4.40. The maximum absolute atomic E-state index is 13.1. The van der Waals surface area contributed by atoms with E-state index in [1.54, 1.807) is 71.6 Å². The molecule has 4 heterocycles. The number of hydrogen-bond donors (Lipinski definition) is 2. The van der Waals surface area contributed by atoms with Gasteiger partial charge in [0.1, 0.15) is 5.75 Å². The molecule has 0 spiro atoms. The Morgan fingerprint density at radius 2 is 1.46 bits per heavy atom. The fourth-order valence-corrected chi connectivity index (χ4v) is 2.94. The molecule has 0 saturated carbocycles. The van der Waals surface area contributed by atoms with Crippen LogP contribution in [-0.2, 0) is 6.54 Å². The molecule has 4 aliphatic heterocycles. The van der Waals surface area contributed by atoms with Crippen molar-refractivity contribution >= 4 is 23.2 Å². The first-order chi connectivity index (χ1) is 12.6. The lowest BCUT2D eigenvalue weighted by Gasteiger charge is -2.24. The number of benzene rings is 3. The van der Waals surface area contributed by atoms with Gasteiger partial charge in [0.15, 0.2) is 0 Å². The van der Waals surface area contributed by atoms with Crippen molar-refractivity contribution < 1.29 is 14.7 Å². The van der Waals surface area contributed by atoms with Gasteiger partial charge in [-0.25, -0.2) is 0 Å². The Morgan fingerprint density at radius 3 is 2.15 bits per heavy atom. The Morgan fingerprint density at radius 1 is 0.808 bits per heavy atom. The van der Waals surface area contributed by atoms with E-state index in [4.69, 9.17) is 0 Å². The average molecular weight is 344 g/mol. The van der Waals surface area contributed by atoms with Gasteiger partial charge in [-0.05, 0) is 54.6 Å². The van der Waals surface area contributed by atoms with Crippen molar-refractivity contribution in [1.82, 2.24) is 0 Å². The van der Waals surface area contributed by atoms with E-state index in [2.05, 4.69) is 5.32 Å². The van der Waals surface area contributed by atoms with Gasteiger partial charge < -0.3 is 15.3 Å². The molecule has 3 aromatic rings. The molecule has 3 aromatic carbocycles. The van der Waals surface area contributed by atoms with Gasteiger partial charge in [0, 0.05) is 28.1 Å². The third-order valence-corrected chi connectivity index (χ3v) is 4.40. The molecule has 26 heavy (non-hydrogen) atoms. The molecule has 0 radical (unpaired) electrons. The number of rotatable bonds is 2. The second-order valence-electron chi connectivity index (χ2n) is 6.10. The van der Waals surface area contributed by atoms with Gasteiger partial charge in [-0.15, -0.1) is 0 Å². The van der Waals surface area contributed by atoms with E-state index < -0.39 is 0 Å².